The van der Waals surface area contributed by atoms with Crippen LogP contribution >= 0.6 is 0 Å². The van der Waals surface area contributed by atoms with Gasteiger partial charge in [0.15, 0.2) is 0 Å². The van der Waals surface area contributed by atoms with E-state index in [0.717, 1.165) is 0 Å². The molecule has 0 aliphatic carbocycles. The van der Waals surface area contributed by atoms with Crippen molar-refractivity contribution >= 4 is 5.69 Å². The summed E-state index contributed by atoms with van der Waals surface area (Å²) in [5.41, 5.74) is -0.422. The van der Waals surface area contributed by atoms with Crippen molar-refractivity contribution < 1.29 is 4.74 Å². The first-order valence-corrected chi connectivity index (χ1v) is 2.92. The highest BCUT2D eigenvalue weighted by Gasteiger charge is 2.04. The maximum atomic E-state index is 10.9. The van der Waals surface area contributed by atoms with Crippen LogP contribution in [0.3, 0.4) is 0 Å². The molecule has 56 valence electrons. The average Bonchev–Trinajstić information content (AvgIpc) is 2.04. The van der Waals surface area contributed by atoms with Crippen LogP contribution in [0.2, 0.25) is 0 Å². The van der Waals surface area contributed by atoms with E-state index in [-0.39, 0.29) is 5.69 Å². The fourth-order valence-corrected chi connectivity index (χ4v) is 0.723. The van der Waals surface area contributed by atoms with Crippen LogP contribution in [0.5, 0.6) is 5.75 Å². The lowest BCUT2D eigenvalue weighted by Crippen LogP contribution is -2.03. The Balaban J connectivity index is 3.40. The quantitative estimate of drug-likeness (QED) is 0.605. The Morgan fingerprint density at radius 1 is 1.73 bits per heavy atom. The second-order valence-corrected chi connectivity index (χ2v) is 1.84. The van der Waals surface area contributed by atoms with Gasteiger partial charge in [-0.3, -0.25) is 4.79 Å². The van der Waals surface area contributed by atoms with Crippen molar-refractivity contribution in [3.05, 3.63) is 34.0 Å². The Kier molecular flexibility index (Phi) is 1.93. The first-order valence-electron chi connectivity index (χ1n) is 2.92. The van der Waals surface area contributed by atoms with Gasteiger partial charge in [-0.05, 0) is 6.07 Å². The standard InChI is InChI=1S/C7H6N2O2/c1-8-6-5(11-2)3-4-9-7(6)10/h3-4H,2H3,(H,9,10). The SMILES string of the molecule is [C-]#[N+]c1c(OC)cc[nH]c1=O. The lowest BCUT2D eigenvalue weighted by atomic mass is 10.4. The van der Waals surface area contributed by atoms with Gasteiger partial charge in [-0.2, -0.15) is 0 Å². The van der Waals surface area contributed by atoms with E-state index in [4.69, 9.17) is 11.3 Å². The monoisotopic (exact) mass is 150 g/mol. The van der Waals surface area contributed by atoms with Gasteiger partial charge in [0.05, 0.1) is 13.7 Å². The minimum Gasteiger partial charge on any atom is -0.508 e. The first kappa shape index (κ1) is 7.35. The van der Waals surface area contributed by atoms with Gasteiger partial charge in [0.2, 0.25) is 0 Å². The van der Waals surface area contributed by atoms with Crippen molar-refractivity contribution in [1.82, 2.24) is 4.98 Å². The smallest absolute Gasteiger partial charge is 0.291 e. The topological polar surface area (TPSA) is 46.5 Å². The van der Waals surface area contributed by atoms with Crippen molar-refractivity contribution in [2.24, 2.45) is 0 Å². The number of hydrogen-bond donors (Lipinski definition) is 1. The minimum atomic E-state index is -0.417. The van der Waals surface area contributed by atoms with Gasteiger partial charge in [-0.25, -0.2) is 4.85 Å². The van der Waals surface area contributed by atoms with Crippen LogP contribution in [0, 0.1) is 6.57 Å². The molecule has 0 radical (unpaired) electrons. The molecule has 0 atom stereocenters. The number of aromatic amines is 1. The zero-order chi connectivity index (χ0) is 8.27. The molecule has 1 N–H and O–H groups in total. The third-order valence-corrected chi connectivity index (χ3v) is 1.23. The van der Waals surface area contributed by atoms with Crippen molar-refractivity contribution in [3.63, 3.8) is 0 Å². The Morgan fingerprint density at radius 2 is 2.45 bits per heavy atom. The summed E-state index contributed by atoms with van der Waals surface area (Å²) < 4.78 is 4.78. The van der Waals surface area contributed by atoms with Crippen molar-refractivity contribution in [3.8, 4) is 5.75 Å². The highest BCUT2D eigenvalue weighted by atomic mass is 16.5. The number of nitrogens with zero attached hydrogens (tertiary/aromatic N) is 1. The van der Waals surface area contributed by atoms with E-state index in [2.05, 4.69) is 9.83 Å². The number of hydrogen-bond acceptors (Lipinski definition) is 2. The molecule has 4 heteroatoms. The van der Waals surface area contributed by atoms with Crippen molar-refractivity contribution in [2.75, 3.05) is 7.11 Å². The summed E-state index contributed by atoms with van der Waals surface area (Å²) in [6, 6.07) is 1.54. The molecule has 0 saturated carbocycles. The van der Waals surface area contributed by atoms with Gasteiger partial charge in [-0.15, -0.1) is 0 Å². The fourth-order valence-electron chi connectivity index (χ4n) is 0.723. The first-order chi connectivity index (χ1) is 5.29. The molecule has 0 fully saturated rings. The third-order valence-electron chi connectivity index (χ3n) is 1.23. The normalized spacial score (nSPS) is 8.73. The second kappa shape index (κ2) is 2.88. The van der Waals surface area contributed by atoms with Crippen LogP contribution in [0.15, 0.2) is 17.1 Å². The summed E-state index contributed by atoms with van der Waals surface area (Å²) >= 11 is 0. The van der Waals surface area contributed by atoms with Gasteiger partial charge < -0.3 is 9.72 Å². The molecule has 0 aliphatic heterocycles. The Morgan fingerprint density at radius 3 is 2.91 bits per heavy atom. The minimum absolute atomic E-state index is 0.00463. The Bertz CT molecular complexity index is 348. The summed E-state index contributed by atoms with van der Waals surface area (Å²) in [5.74, 6) is 0.309. The van der Waals surface area contributed by atoms with Crippen LogP contribution < -0.4 is 10.3 Å². The summed E-state index contributed by atoms with van der Waals surface area (Å²) in [6.45, 7) is 6.65. The molecule has 1 heterocycles. The van der Waals surface area contributed by atoms with Gasteiger partial charge in [0.1, 0.15) is 5.75 Å². The largest absolute Gasteiger partial charge is 0.508 e. The molecule has 1 aromatic heterocycles. The molecule has 0 saturated heterocycles. The molecule has 1 rings (SSSR count). The van der Waals surface area contributed by atoms with Gasteiger partial charge in [-0.1, -0.05) is 0 Å². The summed E-state index contributed by atoms with van der Waals surface area (Å²) in [6.07, 6.45) is 1.44. The second-order valence-electron chi connectivity index (χ2n) is 1.84. The van der Waals surface area contributed by atoms with Gasteiger partial charge >= 0.3 is 0 Å². The van der Waals surface area contributed by atoms with Crippen LogP contribution in [0.4, 0.5) is 5.69 Å². The zero-order valence-corrected chi connectivity index (χ0v) is 5.92. The number of pyridine rings is 1. The van der Waals surface area contributed by atoms with E-state index in [9.17, 15) is 4.79 Å². The summed E-state index contributed by atoms with van der Waals surface area (Å²) in [4.78, 5) is 16.3. The summed E-state index contributed by atoms with van der Waals surface area (Å²) in [7, 11) is 1.42. The van der Waals surface area contributed by atoms with Gasteiger partial charge in [0.25, 0.3) is 11.2 Å². The van der Waals surface area contributed by atoms with Crippen LogP contribution in [0.1, 0.15) is 0 Å². The molecule has 0 amide bonds. The van der Waals surface area contributed by atoms with Crippen molar-refractivity contribution in [2.45, 2.75) is 0 Å². The number of rotatable bonds is 1. The Hall–Kier alpha value is -1.76. The van der Waals surface area contributed by atoms with Gasteiger partial charge in [0, 0.05) is 6.20 Å². The van der Waals surface area contributed by atoms with E-state index in [1.54, 1.807) is 0 Å². The molecule has 0 unspecified atom stereocenters. The molecular formula is C7H6N2O2. The molecule has 11 heavy (non-hydrogen) atoms. The molecule has 1 aromatic rings. The highest BCUT2D eigenvalue weighted by Crippen LogP contribution is 2.20. The Labute approximate surface area is 63.3 Å². The number of nitrogens with one attached hydrogen (secondary N) is 1. The van der Waals surface area contributed by atoms with Crippen LogP contribution in [-0.2, 0) is 0 Å². The van der Waals surface area contributed by atoms with Crippen molar-refractivity contribution in [1.29, 1.82) is 0 Å². The lowest BCUT2D eigenvalue weighted by molar-refractivity contribution is 0.416. The maximum Gasteiger partial charge on any atom is 0.291 e. The average molecular weight is 150 g/mol. The number of H-pyrrole nitrogens is 1. The third kappa shape index (κ3) is 1.22. The van der Waals surface area contributed by atoms with Crippen LogP contribution in [-0.4, -0.2) is 12.1 Å². The number of ether oxygens (including phenoxy) is 1. The van der Waals surface area contributed by atoms with Crippen LogP contribution in [0.25, 0.3) is 4.85 Å². The molecule has 0 aromatic carbocycles. The number of methoxy groups -OCH3 is 1. The molecular weight excluding hydrogens is 144 g/mol. The fraction of sp³-hybridized carbons (Fsp3) is 0.143. The zero-order valence-electron chi connectivity index (χ0n) is 5.92. The molecule has 0 spiro atoms. The summed E-state index contributed by atoms with van der Waals surface area (Å²) in [5, 5.41) is 0. The van der Waals surface area contributed by atoms with E-state index in [1.807, 2.05) is 0 Å². The predicted molar refractivity (Wildman–Crippen MR) is 39.9 cm³/mol. The lowest BCUT2D eigenvalue weighted by Gasteiger charge is -1.98. The maximum absolute atomic E-state index is 10.9. The highest BCUT2D eigenvalue weighted by molar-refractivity contribution is 5.54. The molecule has 0 aliphatic rings. The van der Waals surface area contributed by atoms with E-state index < -0.39 is 5.56 Å². The molecule has 4 nitrogen and oxygen atoms in total. The molecule has 0 bridgehead atoms. The van der Waals surface area contributed by atoms with E-state index in [1.165, 1.54) is 19.4 Å². The van der Waals surface area contributed by atoms with E-state index in [0.29, 0.717) is 5.75 Å². The number of aromatic nitrogens is 1. The van der Waals surface area contributed by atoms with E-state index >= 15 is 0 Å². The predicted octanol–water partition coefficient (Wildman–Crippen LogP) is 0.934.